The normalized spacial score (nSPS) is 13.8. The van der Waals surface area contributed by atoms with Gasteiger partial charge in [-0.05, 0) is 18.9 Å². The number of hydrogen-bond acceptors (Lipinski definition) is 5. The maximum Gasteiger partial charge on any atom is 0.323 e. The molecule has 1 aromatic rings. The van der Waals surface area contributed by atoms with Crippen molar-refractivity contribution in [3.05, 3.63) is 23.9 Å². The molecule has 1 aliphatic rings. The van der Waals surface area contributed by atoms with E-state index in [1.54, 1.807) is 13.2 Å². The summed E-state index contributed by atoms with van der Waals surface area (Å²) in [5.74, 6) is -0.997. The molecule has 1 heterocycles. The molecular weight excluding hydrogens is 276 g/mol. The highest BCUT2D eigenvalue weighted by atomic mass is 16.5. The Morgan fingerprint density at radius 1 is 1.43 bits per heavy atom. The Balaban J connectivity index is 2.06. The predicted molar refractivity (Wildman–Crippen MR) is 73.3 cm³/mol. The van der Waals surface area contributed by atoms with Gasteiger partial charge in [0.25, 0.3) is 5.91 Å². The summed E-state index contributed by atoms with van der Waals surface area (Å²) in [5.41, 5.74) is 0.380. The summed E-state index contributed by atoms with van der Waals surface area (Å²) in [4.78, 5) is 28.7. The van der Waals surface area contributed by atoms with Crippen molar-refractivity contribution in [1.29, 1.82) is 0 Å². The molecule has 0 radical (unpaired) electrons. The number of carbonyl (C=O) groups is 2. The standard InChI is InChI=1S/C14H18N2O5/c1-20-6-7-21-12-8-10(4-5-15-12)14(19)16(9-13(17)18)11-2-3-11/h4-5,8,11H,2-3,6-7,9H2,1H3,(H,17,18). The Kier molecular flexibility index (Phi) is 5.10. The predicted octanol–water partition coefficient (Wildman–Crippen LogP) is 0.796. The van der Waals surface area contributed by atoms with Gasteiger partial charge in [0.05, 0.1) is 6.61 Å². The van der Waals surface area contributed by atoms with Crippen LogP contribution >= 0.6 is 0 Å². The fourth-order valence-electron chi connectivity index (χ4n) is 1.92. The van der Waals surface area contributed by atoms with Gasteiger partial charge in [-0.2, -0.15) is 0 Å². The number of carboxylic acids is 1. The lowest BCUT2D eigenvalue weighted by Gasteiger charge is -2.20. The zero-order valence-electron chi connectivity index (χ0n) is 11.8. The minimum absolute atomic E-state index is 0.0274. The summed E-state index contributed by atoms with van der Waals surface area (Å²) >= 11 is 0. The molecule has 0 saturated heterocycles. The third kappa shape index (κ3) is 4.42. The Bertz CT molecular complexity index is 516. The molecule has 1 N–H and O–H groups in total. The molecule has 2 rings (SSSR count). The first-order valence-corrected chi connectivity index (χ1v) is 6.72. The van der Waals surface area contributed by atoms with Crippen molar-refractivity contribution in [3.63, 3.8) is 0 Å². The van der Waals surface area contributed by atoms with Crippen LogP contribution in [-0.2, 0) is 9.53 Å². The highest BCUT2D eigenvalue weighted by Gasteiger charge is 2.34. The molecule has 1 amide bonds. The Labute approximate surface area is 122 Å². The van der Waals surface area contributed by atoms with Crippen LogP contribution in [-0.4, -0.2) is 59.8 Å². The van der Waals surface area contributed by atoms with Gasteiger partial charge in [0, 0.05) is 31.0 Å². The van der Waals surface area contributed by atoms with E-state index in [0.29, 0.717) is 24.7 Å². The average Bonchev–Trinajstić information content (AvgIpc) is 3.29. The van der Waals surface area contributed by atoms with E-state index in [0.717, 1.165) is 12.8 Å². The van der Waals surface area contributed by atoms with Crippen LogP contribution in [0.4, 0.5) is 0 Å². The van der Waals surface area contributed by atoms with Crippen LogP contribution in [0.3, 0.4) is 0 Å². The van der Waals surface area contributed by atoms with E-state index >= 15 is 0 Å². The van der Waals surface area contributed by atoms with E-state index in [-0.39, 0.29) is 18.5 Å². The Hall–Kier alpha value is -2.15. The van der Waals surface area contributed by atoms with Crippen LogP contribution in [0.2, 0.25) is 0 Å². The molecule has 0 aliphatic heterocycles. The molecule has 0 bridgehead atoms. The summed E-state index contributed by atoms with van der Waals surface area (Å²) < 4.78 is 10.2. The lowest BCUT2D eigenvalue weighted by molar-refractivity contribution is -0.137. The fourth-order valence-corrected chi connectivity index (χ4v) is 1.92. The lowest BCUT2D eigenvalue weighted by atomic mass is 10.2. The van der Waals surface area contributed by atoms with Gasteiger partial charge in [-0.3, -0.25) is 9.59 Å². The Morgan fingerprint density at radius 2 is 2.19 bits per heavy atom. The second-order valence-corrected chi connectivity index (χ2v) is 4.78. The molecule has 0 aromatic carbocycles. The minimum atomic E-state index is -1.01. The summed E-state index contributed by atoms with van der Waals surface area (Å²) in [5, 5.41) is 8.91. The fraction of sp³-hybridized carbons (Fsp3) is 0.500. The maximum atomic E-state index is 12.4. The van der Waals surface area contributed by atoms with Gasteiger partial charge in [-0.1, -0.05) is 0 Å². The van der Waals surface area contributed by atoms with Gasteiger partial charge in [0.2, 0.25) is 5.88 Å². The number of aromatic nitrogens is 1. The quantitative estimate of drug-likeness (QED) is 0.713. The Morgan fingerprint density at radius 3 is 2.81 bits per heavy atom. The summed E-state index contributed by atoms with van der Waals surface area (Å²) in [6.07, 6.45) is 3.17. The van der Waals surface area contributed by atoms with Gasteiger partial charge < -0.3 is 19.5 Å². The molecule has 0 spiro atoms. The number of carboxylic acid groups (broad SMARTS) is 1. The van der Waals surface area contributed by atoms with E-state index in [1.165, 1.54) is 17.2 Å². The molecule has 1 aliphatic carbocycles. The molecule has 1 aromatic heterocycles. The van der Waals surface area contributed by atoms with Crippen molar-refractivity contribution in [2.45, 2.75) is 18.9 Å². The van der Waals surface area contributed by atoms with Gasteiger partial charge in [-0.15, -0.1) is 0 Å². The average molecular weight is 294 g/mol. The van der Waals surface area contributed by atoms with E-state index in [4.69, 9.17) is 14.6 Å². The molecule has 7 heteroatoms. The molecule has 1 fully saturated rings. The number of hydrogen-bond donors (Lipinski definition) is 1. The first kappa shape index (κ1) is 15.2. The second kappa shape index (κ2) is 7.03. The van der Waals surface area contributed by atoms with Crippen molar-refractivity contribution in [2.24, 2.45) is 0 Å². The number of carbonyl (C=O) groups excluding carboxylic acids is 1. The third-order valence-electron chi connectivity index (χ3n) is 3.07. The summed E-state index contributed by atoms with van der Waals surface area (Å²) in [6.45, 7) is 0.474. The molecule has 7 nitrogen and oxygen atoms in total. The first-order chi connectivity index (χ1) is 10.1. The van der Waals surface area contributed by atoms with Crippen LogP contribution < -0.4 is 4.74 Å². The topological polar surface area (TPSA) is 89.0 Å². The van der Waals surface area contributed by atoms with Crippen molar-refractivity contribution in [1.82, 2.24) is 9.88 Å². The van der Waals surface area contributed by atoms with E-state index in [2.05, 4.69) is 4.98 Å². The van der Waals surface area contributed by atoms with Crippen molar-refractivity contribution in [3.8, 4) is 5.88 Å². The number of amides is 1. The third-order valence-corrected chi connectivity index (χ3v) is 3.07. The lowest BCUT2D eigenvalue weighted by Crippen LogP contribution is -2.37. The van der Waals surface area contributed by atoms with Gasteiger partial charge in [-0.25, -0.2) is 4.98 Å². The van der Waals surface area contributed by atoms with Crippen LogP contribution in [0.1, 0.15) is 23.2 Å². The maximum absolute atomic E-state index is 12.4. The van der Waals surface area contributed by atoms with Crippen molar-refractivity contribution in [2.75, 3.05) is 26.9 Å². The number of aliphatic carboxylic acids is 1. The van der Waals surface area contributed by atoms with Crippen LogP contribution in [0.5, 0.6) is 5.88 Å². The molecule has 114 valence electrons. The van der Waals surface area contributed by atoms with Crippen LogP contribution in [0.25, 0.3) is 0 Å². The van der Waals surface area contributed by atoms with Crippen LogP contribution in [0, 0.1) is 0 Å². The number of nitrogens with zero attached hydrogens (tertiary/aromatic N) is 2. The highest BCUT2D eigenvalue weighted by Crippen LogP contribution is 2.28. The number of pyridine rings is 1. The minimum Gasteiger partial charge on any atom is -0.480 e. The van der Waals surface area contributed by atoms with Crippen molar-refractivity contribution < 1.29 is 24.2 Å². The van der Waals surface area contributed by atoms with E-state index in [1.807, 2.05) is 0 Å². The SMILES string of the molecule is COCCOc1cc(C(=O)N(CC(=O)O)C2CC2)ccn1. The smallest absolute Gasteiger partial charge is 0.323 e. The summed E-state index contributed by atoms with van der Waals surface area (Å²) in [7, 11) is 1.57. The second-order valence-electron chi connectivity index (χ2n) is 4.78. The van der Waals surface area contributed by atoms with Gasteiger partial charge in [0.1, 0.15) is 13.2 Å². The van der Waals surface area contributed by atoms with E-state index < -0.39 is 5.97 Å². The zero-order chi connectivity index (χ0) is 15.2. The molecular formula is C14H18N2O5. The molecule has 1 saturated carbocycles. The monoisotopic (exact) mass is 294 g/mol. The van der Waals surface area contributed by atoms with Crippen molar-refractivity contribution >= 4 is 11.9 Å². The van der Waals surface area contributed by atoms with E-state index in [9.17, 15) is 9.59 Å². The van der Waals surface area contributed by atoms with Gasteiger partial charge >= 0.3 is 5.97 Å². The molecule has 0 atom stereocenters. The highest BCUT2D eigenvalue weighted by molar-refractivity contribution is 5.96. The number of methoxy groups -OCH3 is 1. The largest absolute Gasteiger partial charge is 0.480 e. The summed E-state index contributed by atoms with van der Waals surface area (Å²) in [6, 6.07) is 3.11. The van der Waals surface area contributed by atoms with Crippen LogP contribution in [0.15, 0.2) is 18.3 Å². The zero-order valence-corrected chi connectivity index (χ0v) is 11.8. The molecule has 0 unspecified atom stereocenters. The van der Waals surface area contributed by atoms with Gasteiger partial charge in [0.15, 0.2) is 0 Å². The number of rotatable bonds is 8. The molecule has 21 heavy (non-hydrogen) atoms. The number of ether oxygens (including phenoxy) is 2. The first-order valence-electron chi connectivity index (χ1n) is 6.72.